The van der Waals surface area contributed by atoms with Crippen LogP contribution >= 0.6 is 0 Å². The lowest BCUT2D eigenvalue weighted by atomic mass is 10.0. The number of carbonyl (C=O) groups excluding carboxylic acids is 2. The maximum atomic E-state index is 11.9. The Balaban J connectivity index is 2.07. The van der Waals surface area contributed by atoms with Crippen molar-refractivity contribution in [1.82, 2.24) is 15.1 Å². The first-order chi connectivity index (χ1) is 13.5. The molecule has 1 aromatic heterocycles. The number of anilines is 1. The molecule has 148 valence electrons. The maximum absolute atomic E-state index is 11.9. The number of methoxy groups -OCH3 is 2. The molecule has 0 saturated carbocycles. The van der Waals surface area contributed by atoms with Gasteiger partial charge in [-0.15, -0.1) is 0 Å². The summed E-state index contributed by atoms with van der Waals surface area (Å²) in [5.41, 5.74) is 2.59. The smallest absolute Gasteiger partial charge is 0.243 e. The largest absolute Gasteiger partial charge is 0.496 e. The van der Waals surface area contributed by atoms with E-state index in [-0.39, 0.29) is 11.9 Å². The summed E-state index contributed by atoms with van der Waals surface area (Å²) in [6.45, 7) is 6.45. The molecule has 0 bridgehead atoms. The number of rotatable bonds is 7. The number of aromatic nitrogens is 2. The van der Waals surface area contributed by atoms with E-state index in [9.17, 15) is 9.59 Å². The molecule has 0 saturated heterocycles. The quantitative estimate of drug-likeness (QED) is 0.562. The Bertz CT molecular complexity index is 894. The Morgan fingerprint density at radius 2 is 2.07 bits per heavy atom. The van der Waals surface area contributed by atoms with E-state index >= 15 is 0 Å². The molecule has 3 rings (SSSR count). The molecule has 2 aromatic rings. The zero-order chi connectivity index (χ0) is 20.3. The zero-order valence-electron chi connectivity index (χ0n) is 16.2. The van der Waals surface area contributed by atoms with Crippen LogP contribution in [0.3, 0.4) is 0 Å². The van der Waals surface area contributed by atoms with Crippen LogP contribution in [0.4, 0.5) is 5.82 Å². The molecule has 1 unspecified atom stereocenters. The molecule has 2 N–H and O–H groups in total. The van der Waals surface area contributed by atoms with E-state index in [0.29, 0.717) is 41.7 Å². The number of aldehydes is 1. The third-order valence-electron chi connectivity index (χ3n) is 4.90. The number of amides is 1. The minimum Gasteiger partial charge on any atom is -0.496 e. The number of carbonyl (C=O) groups is 2. The molecule has 8 heteroatoms. The summed E-state index contributed by atoms with van der Waals surface area (Å²) in [5.74, 6) is 1.71. The van der Waals surface area contributed by atoms with Gasteiger partial charge in [-0.2, -0.15) is 5.10 Å². The molecule has 0 fully saturated rings. The van der Waals surface area contributed by atoms with Crippen molar-refractivity contribution >= 4 is 18.0 Å². The lowest BCUT2D eigenvalue weighted by Gasteiger charge is -2.25. The minimum absolute atomic E-state index is 0.0677. The van der Waals surface area contributed by atoms with E-state index in [2.05, 4.69) is 17.2 Å². The number of ether oxygens (including phenoxy) is 2. The Morgan fingerprint density at radius 3 is 2.64 bits per heavy atom. The molecular weight excluding hydrogens is 360 g/mol. The molecule has 1 amide bonds. The Kier molecular flexibility index (Phi) is 5.67. The van der Waals surface area contributed by atoms with Crippen molar-refractivity contribution in [2.75, 3.05) is 32.6 Å². The molecule has 0 radical (unpaired) electrons. The Morgan fingerprint density at radius 1 is 1.39 bits per heavy atom. The van der Waals surface area contributed by atoms with Gasteiger partial charge in [0, 0.05) is 24.2 Å². The number of benzene rings is 1. The summed E-state index contributed by atoms with van der Waals surface area (Å²) in [4.78, 5) is 23.4. The highest BCUT2D eigenvalue weighted by Crippen LogP contribution is 2.38. The van der Waals surface area contributed by atoms with Crippen molar-refractivity contribution in [3.05, 3.63) is 35.9 Å². The van der Waals surface area contributed by atoms with Crippen molar-refractivity contribution in [3.8, 4) is 22.8 Å². The fourth-order valence-corrected chi connectivity index (χ4v) is 3.39. The van der Waals surface area contributed by atoms with Crippen molar-refractivity contribution in [2.24, 2.45) is 0 Å². The topological polar surface area (TPSA) is 94.5 Å². The maximum Gasteiger partial charge on any atom is 0.243 e. The first kappa shape index (κ1) is 19.5. The average Bonchev–Trinajstić information content (AvgIpc) is 3.11. The number of nitrogens with one attached hydrogen (secondary N) is 2. The predicted molar refractivity (Wildman–Crippen MR) is 106 cm³/mol. The van der Waals surface area contributed by atoms with Crippen molar-refractivity contribution in [2.45, 2.75) is 19.4 Å². The van der Waals surface area contributed by atoms with E-state index < -0.39 is 0 Å². The first-order valence-electron chi connectivity index (χ1n) is 8.98. The van der Waals surface area contributed by atoms with Crippen LogP contribution in [-0.2, 0) is 4.79 Å². The van der Waals surface area contributed by atoms with E-state index in [4.69, 9.17) is 14.6 Å². The van der Waals surface area contributed by atoms with Crippen LogP contribution in [0.2, 0.25) is 0 Å². The van der Waals surface area contributed by atoms with Gasteiger partial charge in [0.2, 0.25) is 5.91 Å². The fraction of sp³-hybridized carbons (Fsp3) is 0.350. The van der Waals surface area contributed by atoms with E-state index in [1.165, 1.54) is 6.08 Å². The summed E-state index contributed by atoms with van der Waals surface area (Å²) < 4.78 is 12.7. The van der Waals surface area contributed by atoms with Crippen molar-refractivity contribution in [1.29, 1.82) is 0 Å². The molecule has 1 aliphatic rings. The average molecular weight is 384 g/mol. The Labute approximate surface area is 163 Å². The van der Waals surface area contributed by atoms with Crippen LogP contribution in [0, 0.1) is 6.92 Å². The highest BCUT2D eigenvalue weighted by molar-refractivity contribution is 5.93. The van der Waals surface area contributed by atoms with Crippen LogP contribution in [0.5, 0.6) is 11.5 Å². The van der Waals surface area contributed by atoms with Gasteiger partial charge in [-0.25, -0.2) is 4.68 Å². The van der Waals surface area contributed by atoms with Gasteiger partial charge in [-0.3, -0.25) is 9.59 Å². The molecule has 8 nitrogen and oxygen atoms in total. The van der Waals surface area contributed by atoms with Gasteiger partial charge in [0.05, 0.1) is 25.8 Å². The van der Waals surface area contributed by atoms with Crippen LogP contribution in [0.25, 0.3) is 11.3 Å². The molecule has 1 aromatic carbocycles. The van der Waals surface area contributed by atoms with Crippen molar-refractivity contribution in [3.63, 3.8) is 0 Å². The lowest BCUT2D eigenvalue weighted by molar-refractivity contribution is -0.116. The van der Waals surface area contributed by atoms with Crippen LogP contribution in [0.15, 0.2) is 24.8 Å². The minimum atomic E-state index is -0.240. The normalized spacial score (nSPS) is 15.2. The summed E-state index contributed by atoms with van der Waals surface area (Å²) in [6.07, 6.45) is 2.80. The lowest BCUT2D eigenvalue weighted by Crippen LogP contribution is -2.34. The number of hydrogen-bond donors (Lipinski definition) is 2. The SMILES string of the molecule is C=CC(=O)NCC1CCNc2c(C=O)c(-c3cc(OC)c(C)c(OC)c3)nn21. The molecular formula is C20H24N4O4. The third kappa shape index (κ3) is 3.45. The van der Waals surface area contributed by atoms with Gasteiger partial charge in [0.15, 0.2) is 6.29 Å². The highest BCUT2D eigenvalue weighted by Gasteiger charge is 2.28. The number of nitrogens with zero attached hydrogens (tertiary/aromatic N) is 2. The van der Waals surface area contributed by atoms with Gasteiger partial charge in [0.1, 0.15) is 23.0 Å². The van der Waals surface area contributed by atoms with Crippen LogP contribution in [0.1, 0.15) is 28.4 Å². The zero-order valence-corrected chi connectivity index (χ0v) is 16.2. The van der Waals surface area contributed by atoms with Gasteiger partial charge < -0.3 is 20.1 Å². The van der Waals surface area contributed by atoms with E-state index in [0.717, 1.165) is 23.8 Å². The number of fused-ring (bicyclic) bond motifs is 1. The van der Waals surface area contributed by atoms with Crippen LogP contribution < -0.4 is 20.1 Å². The highest BCUT2D eigenvalue weighted by atomic mass is 16.5. The monoisotopic (exact) mass is 384 g/mol. The second-order valence-electron chi connectivity index (χ2n) is 6.50. The fourth-order valence-electron chi connectivity index (χ4n) is 3.39. The van der Waals surface area contributed by atoms with Crippen molar-refractivity contribution < 1.29 is 19.1 Å². The van der Waals surface area contributed by atoms with Gasteiger partial charge >= 0.3 is 0 Å². The molecule has 28 heavy (non-hydrogen) atoms. The van der Waals surface area contributed by atoms with Gasteiger partial charge in [-0.1, -0.05) is 6.58 Å². The molecule has 1 atom stereocenters. The molecule has 0 aliphatic carbocycles. The predicted octanol–water partition coefficient (Wildman–Crippen LogP) is 2.35. The Hall–Kier alpha value is -3.29. The summed E-state index contributed by atoms with van der Waals surface area (Å²) in [6, 6.07) is 3.61. The standard InChI is InChI=1S/C20H24N4O4/c1-5-18(26)22-10-14-6-7-21-20-15(11-25)19(23-24(14)20)13-8-16(27-3)12(2)17(9-13)28-4/h5,8-9,11,14,21H,1,6-7,10H2,2-4H3,(H,22,26). The van der Waals surface area contributed by atoms with E-state index in [1.807, 2.05) is 19.1 Å². The van der Waals surface area contributed by atoms with Gasteiger partial charge in [-0.05, 0) is 31.6 Å². The molecule has 0 spiro atoms. The number of hydrogen-bond acceptors (Lipinski definition) is 6. The first-order valence-corrected chi connectivity index (χ1v) is 8.98. The van der Waals surface area contributed by atoms with Crippen LogP contribution in [-0.4, -0.2) is 49.3 Å². The molecule has 2 heterocycles. The molecule has 1 aliphatic heterocycles. The summed E-state index contributed by atoms with van der Waals surface area (Å²) in [5, 5.41) is 10.7. The van der Waals surface area contributed by atoms with E-state index in [1.54, 1.807) is 18.9 Å². The summed E-state index contributed by atoms with van der Waals surface area (Å²) >= 11 is 0. The second kappa shape index (κ2) is 8.16. The summed E-state index contributed by atoms with van der Waals surface area (Å²) in [7, 11) is 3.18. The second-order valence-corrected chi connectivity index (χ2v) is 6.50. The third-order valence-corrected chi connectivity index (χ3v) is 4.90. The van der Waals surface area contributed by atoms with Gasteiger partial charge in [0.25, 0.3) is 0 Å².